The molecule has 0 radical (unpaired) electrons. The number of ether oxygens (including phenoxy) is 1. The number of hydrogen-bond acceptors (Lipinski definition) is 2. The molecule has 0 heterocycles. The molecule has 2 rings (SSSR count). The molecule has 0 atom stereocenters. The number of benzene rings is 2. The van der Waals surface area contributed by atoms with Crippen molar-refractivity contribution in [2.24, 2.45) is 5.73 Å². The SMILES string of the molecule is N=C(N)c1cc(F)ccc1Oc1ccc(Cl)cc1Br. The second kappa shape index (κ2) is 5.59. The molecule has 2 aromatic carbocycles. The van der Waals surface area contributed by atoms with E-state index in [1.165, 1.54) is 12.1 Å². The predicted octanol–water partition coefficient (Wildman–Crippen LogP) is 4.32. The van der Waals surface area contributed by atoms with E-state index in [-0.39, 0.29) is 11.4 Å². The van der Waals surface area contributed by atoms with Gasteiger partial charge in [-0.15, -0.1) is 0 Å². The van der Waals surface area contributed by atoms with Crippen LogP contribution in [0.2, 0.25) is 5.02 Å². The van der Waals surface area contributed by atoms with Crippen molar-refractivity contribution < 1.29 is 9.13 Å². The number of hydrogen-bond donors (Lipinski definition) is 2. The Morgan fingerprint density at radius 1 is 1.21 bits per heavy atom. The Morgan fingerprint density at radius 2 is 1.89 bits per heavy atom. The Balaban J connectivity index is 2.40. The van der Waals surface area contributed by atoms with Gasteiger partial charge in [0.1, 0.15) is 23.2 Å². The van der Waals surface area contributed by atoms with Crippen molar-refractivity contribution in [2.75, 3.05) is 0 Å². The summed E-state index contributed by atoms with van der Waals surface area (Å²) < 4.78 is 19.4. The number of nitrogen functional groups attached to an aromatic ring is 1. The highest BCUT2D eigenvalue weighted by Gasteiger charge is 2.11. The molecule has 6 heteroatoms. The molecule has 19 heavy (non-hydrogen) atoms. The highest BCUT2D eigenvalue weighted by Crippen LogP contribution is 2.33. The zero-order chi connectivity index (χ0) is 14.0. The molecule has 3 N–H and O–H groups in total. The minimum absolute atomic E-state index is 0.196. The number of nitrogens with two attached hydrogens (primary N) is 1. The van der Waals surface area contributed by atoms with Crippen LogP contribution in [0.5, 0.6) is 11.5 Å². The molecule has 0 aliphatic carbocycles. The lowest BCUT2D eigenvalue weighted by Gasteiger charge is -2.11. The van der Waals surface area contributed by atoms with Gasteiger partial charge < -0.3 is 10.5 Å². The largest absolute Gasteiger partial charge is 0.455 e. The minimum Gasteiger partial charge on any atom is -0.455 e. The average molecular weight is 344 g/mol. The highest BCUT2D eigenvalue weighted by molar-refractivity contribution is 9.10. The van der Waals surface area contributed by atoms with E-state index < -0.39 is 5.82 Å². The van der Waals surface area contributed by atoms with Gasteiger partial charge in [0.05, 0.1) is 10.0 Å². The Hall–Kier alpha value is -1.59. The number of nitrogens with one attached hydrogen (secondary N) is 1. The summed E-state index contributed by atoms with van der Waals surface area (Å²) in [6.45, 7) is 0. The quantitative estimate of drug-likeness (QED) is 0.644. The zero-order valence-electron chi connectivity index (χ0n) is 9.58. The first-order chi connectivity index (χ1) is 8.97. The molecule has 0 saturated heterocycles. The third-order valence-corrected chi connectivity index (χ3v) is 3.20. The van der Waals surface area contributed by atoms with Crippen molar-refractivity contribution in [1.82, 2.24) is 0 Å². The molecular formula is C13H9BrClFN2O. The van der Waals surface area contributed by atoms with Crippen LogP contribution < -0.4 is 10.5 Å². The van der Waals surface area contributed by atoms with Crippen LogP contribution in [0.25, 0.3) is 0 Å². The summed E-state index contributed by atoms with van der Waals surface area (Å²) in [7, 11) is 0. The van der Waals surface area contributed by atoms with Gasteiger partial charge in [-0.1, -0.05) is 11.6 Å². The fraction of sp³-hybridized carbons (Fsp3) is 0. The Labute approximate surface area is 122 Å². The van der Waals surface area contributed by atoms with Crippen LogP contribution in [0.3, 0.4) is 0 Å². The maximum atomic E-state index is 13.1. The molecular weight excluding hydrogens is 335 g/mol. The van der Waals surface area contributed by atoms with Gasteiger partial charge in [0.2, 0.25) is 0 Å². The summed E-state index contributed by atoms with van der Waals surface area (Å²) >= 11 is 9.15. The molecule has 0 aromatic heterocycles. The summed E-state index contributed by atoms with van der Waals surface area (Å²) in [5.74, 6) is 0.0581. The lowest BCUT2D eigenvalue weighted by atomic mass is 10.2. The Bertz CT molecular complexity index is 649. The number of rotatable bonds is 3. The molecule has 0 bridgehead atoms. The second-order valence-electron chi connectivity index (χ2n) is 3.73. The standard InChI is InChI=1S/C13H9BrClFN2O/c14-10-5-7(15)1-3-12(10)19-11-4-2-8(16)6-9(11)13(17)18/h1-6H,(H3,17,18). The van der Waals surface area contributed by atoms with Crippen LogP contribution in [0.1, 0.15) is 5.56 Å². The summed E-state index contributed by atoms with van der Waals surface area (Å²) in [5, 5.41) is 7.99. The van der Waals surface area contributed by atoms with E-state index in [0.29, 0.717) is 21.0 Å². The maximum absolute atomic E-state index is 13.1. The van der Waals surface area contributed by atoms with Crippen LogP contribution in [0.15, 0.2) is 40.9 Å². The molecule has 0 fully saturated rings. The molecule has 0 unspecified atom stereocenters. The van der Waals surface area contributed by atoms with Gasteiger partial charge in [0.25, 0.3) is 0 Å². The molecule has 0 spiro atoms. The molecule has 0 saturated carbocycles. The van der Waals surface area contributed by atoms with E-state index in [9.17, 15) is 4.39 Å². The van der Waals surface area contributed by atoms with E-state index >= 15 is 0 Å². The van der Waals surface area contributed by atoms with Gasteiger partial charge in [-0.3, -0.25) is 5.41 Å². The molecule has 0 amide bonds. The van der Waals surface area contributed by atoms with Crippen LogP contribution in [0.4, 0.5) is 4.39 Å². The Kier molecular flexibility index (Phi) is 4.07. The number of amidine groups is 1. The van der Waals surface area contributed by atoms with E-state index in [2.05, 4.69) is 15.9 Å². The lowest BCUT2D eigenvalue weighted by molar-refractivity contribution is 0.476. The monoisotopic (exact) mass is 342 g/mol. The fourth-order valence-electron chi connectivity index (χ4n) is 1.48. The minimum atomic E-state index is -0.479. The molecule has 98 valence electrons. The van der Waals surface area contributed by atoms with Gasteiger partial charge in [0.15, 0.2) is 0 Å². The molecule has 3 nitrogen and oxygen atoms in total. The van der Waals surface area contributed by atoms with E-state index in [1.54, 1.807) is 18.2 Å². The van der Waals surface area contributed by atoms with Crippen LogP contribution in [0, 0.1) is 11.2 Å². The molecule has 2 aromatic rings. The van der Waals surface area contributed by atoms with E-state index in [1.807, 2.05) is 0 Å². The third-order valence-electron chi connectivity index (χ3n) is 2.35. The topological polar surface area (TPSA) is 59.1 Å². The average Bonchev–Trinajstić information content (AvgIpc) is 2.34. The van der Waals surface area contributed by atoms with Gasteiger partial charge in [-0.05, 0) is 52.3 Å². The van der Waals surface area contributed by atoms with Crippen LogP contribution in [-0.4, -0.2) is 5.84 Å². The smallest absolute Gasteiger partial charge is 0.141 e. The predicted molar refractivity (Wildman–Crippen MR) is 76.6 cm³/mol. The summed E-state index contributed by atoms with van der Waals surface area (Å²) in [6, 6.07) is 8.83. The van der Waals surface area contributed by atoms with Crippen molar-refractivity contribution >= 4 is 33.4 Å². The first-order valence-corrected chi connectivity index (χ1v) is 6.41. The second-order valence-corrected chi connectivity index (χ2v) is 5.02. The molecule has 0 aliphatic rings. The van der Waals surface area contributed by atoms with Crippen LogP contribution in [-0.2, 0) is 0 Å². The summed E-state index contributed by atoms with van der Waals surface area (Å²) in [6.07, 6.45) is 0. The normalized spacial score (nSPS) is 10.3. The Morgan fingerprint density at radius 3 is 2.53 bits per heavy atom. The van der Waals surface area contributed by atoms with Crippen molar-refractivity contribution in [3.8, 4) is 11.5 Å². The van der Waals surface area contributed by atoms with Crippen molar-refractivity contribution in [3.05, 3.63) is 57.3 Å². The van der Waals surface area contributed by atoms with Gasteiger partial charge >= 0.3 is 0 Å². The van der Waals surface area contributed by atoms with Crippen molar-refractivity contribution in [3.63, 3.8) is 0 Å². The first-order valence-electron chi connectivity index (χ1n) is 5.24. The summed E-state index contributed by atoms with van der Waals surface area (Å²) in [4.78, 5) is 0. The molecule has 0 aliphatic heterocycles. The first kappa shape index (κ1) is 13.8. The highest BCUT2D eigenvalue weighted by atomic mass is 79.9. The van der Waals surface area contributed by atoms with Gasteiger partial charge in [-0.25, -0.2) is 4.39 Å². The number of halogens is 3. The van der Waals surface area contributed by atoms with Crippen molar-refractivity contribution in [2.45, 2.75) is 0 Å². The van der Waals surface area contributed by atoms with Gasteiger partial charge in [0, 0.05) is 5.02 Å². The third kappa shape index (κ3) is 3.24. The zero-order valence-corrected chi connectivity index (χ0v) is 11.9. The fourth-order valence-corrected chi connectivity index (χ4v) is 2.24. The lowest BCUT2D eigenvalue weighted by Crippen LogP contribution is -2.12. The maximum Gasteiger partial charge on any atom is 0.141 e. The van der Waals surface area contributed by atoms with E-state index in [0.717, 1.165) is 6.07 Å². The summed E-state index contributed by atoms with van der Waals surface area (Å²) in [5.41, 5.74) is 5.60. The van der Waals surface area contributed by atoms with Crippen molar-refractivity contribution in [1.29, 1.82) is 5.41 Å². The van der Waals surface area contributed by atoms with E-state index in [4.69, 9.17) is 27.5 Å². The van der Waals surface area contributed by atoms with Gasteiger partial charge in [-0.2, -0.15) is 0 Å². The van der Waals surface area contributed by atoms with Crippen LogP contribution >= 0.6 is 27.5 Å².